The largest absolute Gasteiger partial charge is 0.322 e. The van der Waals surface area contributed by atoms with Gasteiger partial charge in [0.15, 0.2) is 0 Å². The van der Waals surface area contributed by atoms with E-state index in [1.54, 1.807) is 42.5 Å². The highest BCUT2D eigenvalue weighted by Crippen LogP contribution is 2.15. The molecule has 150 valence electrons. The van der Waals surface area contributed by atoms with Gasteiger partial charge in [-0.1, -0.05) is 60.2 Å². The van der Waals surface area contributed by atoms with E-state index in [1.807, 2.05) is 49.4 Å². The Balaban J connectivity index is 1.63. The summed E-state index contributed by atoms with van der Waals surface area (Å²) >= 11 is 0. The molecule has 0 bridgehead atoms. The summed E-state index contributed by atoms with van der Waals surface area (Å²) in [6, 6.07) is 22.9. The van der Waals surface area contributed by atoms with Crippen molar-refractivity contribution in [2.45, 2.75) is 6.92 Å². The number of rotatable bonds is 5. The van der Waals surface area contributed by atoms with Crippen molar-refractivity contribution in [2.24, 2.45) is 0 Å². The highest BCUT2D eigenvalue weighted by molar-refractivity contribution is 6.08. The highest BCUT2D eigenvalue weighted by atomic mass is 16.2. The quantitative estimate of drug-likeness (QED) is 0.451. The van der Waals surface area contributed by atoms with E-state index >= 15 is 0 Å². The number of benzene rings is 3. The Morgan fingerprint density at radius 1 is 0.733 bits per heavy atom. The van der Waals surface area contributed by atoms with Crippen LogP contribution in [0.1, 0.15) is 31.8 Å². The van der Waals surface area contributed by atoms with Crippen LogP contribution in [0.3, 0.4) is 0 Å². The van der Waals surface area contributed by atoms with E-state index in [0.717, 1.165) is 11.1 Å². The van der Waals surface area contributed by atoms with Crippen LogP contribution in [0, 0.1) is 6.92 Å². The fraction of sp³-hybridized carbons (Fsp3) is 0.0417. The van der Waals surface area contributed by atoms with Crippen LogP contribution in [0.5, 0.6) is 0 Å². The normalized spacial score (nSPS) is 10.4. The van der Waals surface area contributed by atoms with Crippen LogP contribution in [-0.2, 0) is 4.79 Å². The van der Waals surface area contributed by atoms with Crippen LogP contribution >= 0.6 is 0 Å². The fourth-order valence-electron chi connectivity index (χ4n) is 2.66. The third-order valence-corrected chi connectivity index (χ3v) is 4.26. The average Bonchev–Trinajstić information content (AvgIpc) is 2.77. The minimum absolute atomic E-state index is 0.225. The Morgan fingerprint density at radius 3 is 2.10 bits per heavy atom. The first-order chi connectivity index (χ1) is 14.5. The highest BCUT2D eigenvalue weighted by Gasteiger charge is 2.13. The van der Waals surface area contributed by atoms with E-state index in [1.165, 1.54) is 6.08 Å². The molecule has 0 saturated carbocycles. The van der Waals surface area contributed by atoms with Crippen LogP contribution in [0.2, 0.25) is 0 Å². The summed E-state index contributed by atoms with van der Waals surface area (Å²) < 4.78 is 0. The zero-order valence-corrected chi connectivity index (χ0v) is 16.4. The minimum Gasteiger partial charge on any atom is -0.322 e. The zero-order chi connectivity index (χ0) is 21.3. The molecular weight excluding hydrogens is 378 g/mol. The third kappa shape index (κ3) is 5.65. The lowest BCUT2D eigenvalue weighted by atomic mass is 10.1. The molecule has 0 aliphatic heterocycles. The predicted octanol–water partition coefficient (Wildman–Crippen LogP) is 3.72. The van der Waals surface area contributed by atoms with Crippen LogP contribution in [0.15, 0.2) is 84.9 Å². The molecule has 0 unspecified atom stereocenters. The van der Waals surface area contributed by atoms with Crippen LogP contribution in [-0.4, -0.2) is 17.7 Å². The summed E-state index contributed by atoms with van der Waals surface area (Å²) in [7, 11) is 0. The molecule has 0 radical (unpaired) electrons. The first-order valence-corrected chi connectivity index (χ1v) is 9.33. The van der Waals surface area contributed by atoms with E-state index in [0.29, 0.717) is 11.3 Å². The first-order valence-electron chi connectivity index (χ1n) is 9.33. The number of hydrogen-bond donors (Lipinski definition) is 3. The van der Waals surface area contributed by atoms with E-state index in [-0.39, 0.29) is 11.5 Å². The molecule has 0 saturated heterocycles. The summed E-state index contributed by atoms with van der Waals surface area (Å²) in [5.41, 5.74) is 7.66. The van der Waals surface area contributed by atoms with Gasteiger partial charge in [-0.2, -0.15) is 0 Å². The molecule has 0 aromatic heterocycles. The van der Waals surface area contributed by atoms with Crippen molar-refractivity contribution in [3.8, 4) is 0 Å². The van der Waals surface area contributed by atoms with Gasteiger partial charge < -0.3 is 5.32 Å². The molecule has 3 N–H and O–H groups in total. The first kappa shape index (κ1) is 20.5. The number of carbonyl (C=O) groups excluding carboxylic acids is 3. The molecule has 0 aliphatic carbocycles. The number of nitrogens with one attached hydrogen (secondary N) is 3. The predicted molar refractivity (Wildman–Crippen MR) is 117 cm³/mol. The lowest BCUT2D eigenvalue weighted by Crippen LogP contribution is -2.41. The minimum atomic E-state index is -0.543. The molecule has 3 amide bonds. The molecule has 0 heterocycles. The van der Waals surface area contributed by atoms with Crippen LogP contribution in [0.25, 0.3) is 6.08 Å². The summed E-state index contributed by atoms with van der Waals surface area (Å²) in [6.45, 7) is 1.92. The Bertz CT molecular complexity index is 1070. The van der Waals surface area contributed by atoms with Crippen molar-refractivity contribution in [2.75, 3.05) is 5.32 Å². The molecule has 0 aliphatic rings. The molecule has 6 heteroatoms. The Kier molecular flexibility index (Phi) is 6.74. The van der Waals surface area contributed by atoms with Gasteiger partial charge in [-0.25, -0.2) is 0 Å². The van der Waals surface area contributed by atoms with E-state index in [9.17, 15) is 14.4 Å². The topological polar surface area (TPSA) is 87.3 Å². The number of hydrazine groups is 1. The molecule has 3 rings (SSSR count). The van der Waals surface area contributed by atoms with Gasteiger partial charge in [0, 0.05) is 11.6 Å². The van der Waals surface area contributed by atoms with E-state index in [4.69, 9.17) is 0 Å². The van der Waals surface area contributed by atoms with Crippen molar-refractivity contribution in [1.82, 2.24) is 10.9 Å². The lowest BCUT2D eigenvalue weighted by Gasteiger charge is -2.11. The van der Waals surface area contributed by atoms with Gasteiger partial charge in [-0.05, 0) is 42.8 Å². The molecule has 30 heavy (non-hydrogen) atoms. The van der Waals surface area contributed by atoms with Crippen LogP contribution in [0.4, 0.5) is 5.69 Å². The van der Waals surface area contributed by atoms with Crippen molar-refractivity contribution in [3.63, 3.8) is 0 Å². The van der Waals surface area contributed by atoms with Gasteiger partial charge in [0.1, 0.15) is 0 Å². The summed E-state index contributed by atoms with van der Waals surface area (Å²) in [5, 5.41) is 2.69. The molecule has 3 aromatic carbocycles. The maximum absolute atomic E-state index is 12.5. The molecule has 0 atom stereocenters. The van der Waals surface area contributed by atoms with Gasteiger partial charge in [0.25, 0.3) is 11.8 Å². The Labute approximate surface area is 174 Å². The van der Waals surface area contributed by atoms with E-state index < -0.39 is 11.8 Å². The number of amides is 3. The second-order valence-electron chi connectivity index (χ2n) is 6.55. The van der Waals surface area contributed by atoms with Crippen molar-refractivity contribution < 1.29 is 14.4 Å². The third-order valence-electron chi connectivity index (χ3n) is 4.26. The fourth-order valence-corrected chi connectivity index (χ4v) is 2.66. The summed E-state index contributed by atoms with van der Waals surface area (Å²) in [4.78, 5) is 36.9. The molecule has 0 fully saturated rings. The number of aryl methyl sites for hydroxylation is 1. The lowest BCUT2D eigenvalue weighted by molar-refractivity contribution is -0.111. The van der Waals surface area contributed by atoms with Crippen LogP contribution < -0.4 is 16.2 Å². The Hall–Kier alpha value is -4.19. The second-order valence-corrected chi connectivity index (χ2v) is 6.55. The molecule has 6 nitrogen and oxygen atoms in total. The number of hydrogen-bond acceptors (Lipinski definition) is 3. The molecular formula is C24H21N3O3. The number of carbonyl (C=O) groups is 3. The van der Waals surface area contributed by atoms with Gasteiger partial charge in [-0.3, -0.25) is 25.2 Å². The van der Waals surface area contributed by atoms with Gasteiger partial charge in [0.2, 0.25) is 5.91 Å². The standard InChI is InChI=1S/C24H21N3O3/c1-17-11-14-19(15-12-17)23(29)26-27-24(30)20-9-5-6-10-21(20)25-22(28)16-13-18-7-3-2-4-8-18/h2-16H,1H3,(H,25,28)(H,26,29)(H,27,30)/b16-13+. The SMILES string of the molecule is Cc1ccc(C(=O)NNC(=O)c2ccccc2NC(=O)/C=C/c2ccccc2)cc1. The maximum Gasteiger partial charge on any atom is 0.271 e. The summed E-state index contributed by atoms with van der Waals surface area (Å²) in [6.07, 6.45) is 3.07. The molecule has 0 spiro atoms. The number of anilines is 1. The van der Waals surface area contributed by atoms with Crippen molar-refractivity contribution >= 4 is 29.5 Å². The zero-order valence-electron chi connectivity index (χ0n) is 16.4. The Morgan fingerprint density at radius 2 is 1.37 bits per heavy atom. The average molecular weight is 399 g/mol. The smallest absolute Gasteiger partial charge is 0.271 e. The molecule has 3 aromatic rings. The van der Waals surface area contributed by atoms with E-state index in [2.05, 4.69) is 16.2 Å². The number of para-hydroxylation sites is 1. The van der Waals surface area contributed by atoms with Crippen molar-refractivity contribution in [3.05, 3.63) is 107 Å². The van der Waals surface area contributed by atoms with Gasteiger partial charge >= 0.3 is 0 Å². The summed E-state index contributed by atoms with van der Waals surface area (Å²) in [5.74, 6) is -1.35. The van der Waals surface area contributed by atoms with Crippen molar-refractivity contribution in [1.29, 1.82) is 0 Å². The second kappa shape index (κ2) is 9.84. The monoisotopic (exact) mass is 399 g/mol. The van der Waals surface area contributed by atoms with Gasteiger partial charge in [-0.15, -0.1) is 0 Å². The maximum atomic E-state index is 12.5. The van der Waals surface area contributed by atoms with Gasteiger partial charge in [0.05, 0.1) is 11.3 Å².